The van der Waals surface area contributed by atoms with Gasteiger partial charge in [-0.15, -0.1) is 0 Å². The summed E-state index contributed by atoms with van der Waals surface area (Å²) in [5.41, 5.74) is -0.420. The zero-order chi connectivity index (χ0) is 17.1. The third-order valence-corrected chi connectivity index (χ3v) is 3.74. The average Bonchev–Trinajstić information content (AvgIpc) is 2.84. The maximum absolute atomic E-state index is 11.4. The number of hydrogen-bond acceptors (Lipinski definition) is 3. The molecule has 0 aliphatic rings. The molecule has 6 heteroatoms. The molecule has 5 nitrogen and oxygen atoms in total. The van der Waals surface area contributed by atoms with Crippen LogP contribution < -0.4 is 5.32 Å². The molecule has 0 saturated carbocycles. The predicted molar refractivity (Wildman–Crippen MR) is 96.5 cm³/mol. The molecule has 0 radical (unpaired) electrons. The van der Waals surface area contributed by atoms with E-state index in [0.29, 0.717) is 6.54 Å². The number of carbonyl (C=O) groups is 1. The molecule has 0 fully saturated rings. The van der Waals surface area contributed by atoms with Crippen molar-refractivity contribution in [1.29, 1.82) is 0 Å². The standard InChI is InChI=1S/C17H30BrN3O2/c1-17(2,3)23-16(22)19-11-9-7-5-4-6-8-10-12-21-14-15(18)13-20-21/h13-14H,4-12H2,1-3H3,(H,19,22). The number of nitrogens with one attached hydrogen (secondary N) is 1. The van der Waals surface area contributed by atoms with Gasteiger partial charge in [0, 0.05) is 19.3 Å². The van der Waals surface area contributed by atoms with Gasteiger partial charge in [0.15, 0.2) is 0 Å². The zero-order valence-electron chi connectivity index (χ0n) is 14.6. The Balaban J connectivity index is 1.85. The fourth-order valence-corrected chi connectivity index (χ4v) is 2.58. The maximum atomic E-state index is 11.4. The SMILES string of the molecule is CC(C)(C)OC(=O)NCCCCCCCCCn1cc(Br)cn1. The minimum Gasteiger partial charge on any atom is -0.444 e. The number of unbranched alkanes of at least 4 members (excludes halogenated alkanes) is 6. The van der Waals surface area contributed by atoms with E-state index in [0.717, 1.165) is 23.9 Å². The van der Waals surface area contributed by atoms with Crippen LogP contribution >= 0.6 is 15.9 Å². The molecule has 23 heavy (non-hydrogen) atoms. The van der Waals surface area contributed by atoms with Gasteiger partial charge in [-0.2, -0.15) is 5.10 Å². The number of ether oxygens (including phenoxy) is 1. The van der Waals surface area contributed by atoms with E-state index < -0.39 is 5.60 Å². The highest BCUT2D eigenvalue weighted by atomic mass is 79.9. The van der Waals surface area contributed by atoms with Crippen LogP contribution in [0.5, 0.6) is 0 Å². The van der Waals surface area contributed by atoms with Crippen LogP contribution in [-0.4, -0.2) is 28.0 Å². The van der Waals surface area contributed by atoms with Crippen LogP contribution in [0.25, 0.3) is 0 Å². The first-order chi connectivity index (χ1) is 10.9. The van der Waals surface area contributed by atoms with Gasteiger partial charge in [-0.05, 0) is 49.5 Å². The van der Waals surface area contributed by atoms with Crippen molar-refractivity contribution in [2.24, 2.45) is 0 Å². The highest BCUT2D eigenvalue weighted by Gasteiger charge is 2.15. The van der Waals surface area contributed by atoms with Gasteiger partial charge in [0.25, 0.3) is 0 Å². The van der Waals surface area contributed by atoms with Gasteiger partial charge in [0.1, 0.15) is 5.60 Å². The number of alkyl carbamates (subject to hydrolysis) is 1. The number of hydrogen-bond donors (Lipinski definition) is 1. The highest BCUT2D eigenvalue weighted by molar-refractivity contribution is 9.10. The number of carbonyl (C=O) groups excluding carboxylic acids is 1. The van der Waals surface area contributed by atoms with Crippen LogP contribution in [0.3, 0.4) is 0 Å². The van der Waals surface area contributed by atoms with Gasteiger partial charge in [0.2, 0.25) is 0 Å². The molecular weight excluding hydrogens is 358 g/mol. The van der Waals surface area contributed by atoms with Crippen molar-refractivity contribution in [2.45, 2.75) is 77.9 Å². The number of halogens is 1. The van der Waals surface area contributed by atoms with Crippen molar-refractivity contribution < 1.29 is 9.53 Å². The average molecular weight is 388 g/mol. The summed E-state index contributed by atoms with van der Waals surface area (Å²) in [6, 6.07) is 0. The van der Waals surface area contributed by atoms with Crippen molar-refractivity contribution in [1.82, 2.24) is 15.1 Å². The largest absolute Gasteiger partial charge is 0.444 e. The number of aromatic nitrogens is 2. The molecule has 0 unspecified atom stereocenters. The van der Waals surface area contributed by atoms with E-state index >= 15 is 0 Å². The van der Waals surface area contributed by atoms with Crippen molar-refractivity contribution in [3.05, 3.63) is 16.9 Å². The minimum atomic E-state index is -0.420. The van der Waals surface area contributed by atoms with E-state index in [1.165, 1.54) is 32.1 Å². The third kappa shape index (κ3) is 11.2. The third-order valence-electron chi connectivity index (χ3n) is 3.33. The van der Waals surface area contributed by atoms with Crippen molar-refractivity contribution >= 4 is 22.0 Å². The van der Waals surface area contributed by atoms with Crippen molar-refractivity contribution in [3.63, 3.8) is 0 Å². The van der Waals surface area contributed by atoms with Crippen molar-refractivity contribution in [3.8, 4) is 0 Å². The van der Waals surface area contributed by atoms with Gasteiger partial charge < -0.3 is 10.1 Å². The smallest absolute Gasteiger partial charge is 0.407 e. The van der Waals surface area contributed by atoms with E-state index in [2.05, 4.69) is 26.3 Å². The van der Waals surface area contributed by atoms with Crippen LogP contribution in [-0.2, 0) is 11.3 Å². The molecule has 0 aliphatic heterocycles. The molecule has 1 heterocycles. The molecule has 0 spiro atoms. The minimum absolute atomic E-state index is 0.317. The summed E-state index contributed by atoms with van der Waals surface area (Å²) in [5.74, 6) is 0. The molecule has 0 atom stereocenters. The Morgan fingerprint density at radius 2 is 1.78 bits per heavy atom. The summed E-state index contributed by atoms with van der Waals surface area (Å²) >= 11 is 3.40. The van der Waals surface area contributed by atoms with Crippen LogP contribution in [0.2, 0.25) is 0 Å². The first kappa shape index (κ1) is 20.0. The normalized spacial score (nSPS) is 11.5. The summed E-state index contributed by atoms with van der Waals surface area (Å²) in [7, 11) is 0. The summed E-state index contributed by atoms with van der Waals surface area (Å²) in [6.07, 6.45) is 11.9. The first-order valence-electron chi connectivity index (χ1n) is 8.51. The predicted octanol–water partition coefficient (Wildman–Crippen LogP) is 4.90. The Bertz CT molecular complexity index is 455. The molecule has 1 aromatic rings. The molecular formula is C17H30BrN3O2. The molecule has 0 aromatic carbocycles. The van der Waals surface area contributed by atoms with Gasteiger partial charge in [-0.3, -0.25) is 4.68 Å². The van der Waals surface area contributed by atoms with Crippen LogP contribution in [0.1, 0.15) is 65.7 Å². The topological polar surface area (TPSA) is 56.1 Å². The molecule has 1 rings (SSSR count). The molecule has 132 valence electrons. The van der Waals surface area contributed by atoms with E-state index in [4.69, 9.17) is 4.74 Å². The quantitative estimate of drug-likeness (QED) is 0.580. The summed E-state index contributed by atoms with van der Waals surface area (Å²) in [5, 5.41) is 7.04. The van der Waals surface area contributed by atoms with Crippen molar-refractivity contribution in [2.75, 3.05) is 6.54 Å². The lowest BCUT2D eigenvalue weighted by molar-refractivity contribution is 0.0527. The number of nitrogens with zero attached hydrogens (tertiary/aromatic N) is 2. The Morgan fingerprint density at radius 1 is 1.17 bits per heavy atom. The van der Waals surface area contributed by atoms with E-state index in [9.17, 15) is 4.79 Å². The van der Waals surface area contributed by atoms with Gasteiger partial charge in [0.05, 0.1) is 10.7 Å². The molecule has 1 N–H and O–H groups in total. The lowest BCUT2D eigenvalue weighted by atomic mass is 10.1. The lowest BCUT2D eigenvalue weighted by Gasteiger charge is -2.19. The number of amides is 1. The second-order valence-corrected chi connectivity index (χ2v) is 7.74. The molecule has 1 amide bonds. The monoisotopic (exact) mass is 387 g/mol. The molecule has 1 aromatic heterocycles. The maximum Gasteiger partial charge on any atom is 0.407 e. The Hall–Kier alpha value is -1.04. The molecule has 0 saturated heterocycles. The Labute approximate surface area is 148 Å². The van der Waals surface area contributed by atoms with E-state index in [1.807, 2.05) is 37.8 Å². The summed E-state index contributed by atoms with van der Waals surface area (Å²) < 4.78 is 8.21. The van der Waals surface area contributed by atoms with E-state index in [-0.39, 0.29) is 6.09 Å². The van der Waals surface area contributed by atoms with E-state index in [1.54, 1.807) is 0 Å². The molecule has 0 aliphatic carbocycles. The van der Waals surface area contributed by atoms with Gasteiger partial charge in [-0.1, -0.05) is 32.1 Å². The Kier molecular flexibility index (Phi) is 9.29. The van der Waals surface area contributed by atoms with Crippen LogP contribution in [0.15, 0.2) is 16.9 Å². The van der Waals surface area contributed by atoms with Gasteiger partial charge >= 0.3 is 6.09 Å². The second kappa shape index (κ2) is 10.7. The molecule has 0 bridgehead atoms. The number of rotatable bonds is 10. The summed E-state index contributed by atoms with van der Waals surface area (Å²) in [4.78, 5) is 11.4. The highest BCUT2D eigenvalue weighted by Crippen LogP contribution is 2.10. The number of aryl methyl sites for hydroxylation is 1. The first-order valence-corrected chi connectivity index (χ1v) is 9.31. The fourth-order valence-electron chi connectivity index (χ4n) is 2.25. The summed E-state index contributed by atoms with van der Waals surface area (Å²) in [6.45, 7) is 7.31. The fraction of sp³-hybridized carbons (Fsp3) is 0.765. The Morgan fingerprint density at radius 3 is 2.35 bits per heavy atom. The van der Waals surface area contributed by atoms with Crippen LogP contribution in [0, 0.1) is 0 Å². The van der Waals surface area contributed by atoms with Crippen LogP contribution in [0.4, 0.5) is 4.79 Å². The zero-order valence-corrected chi connectivity index (χ0v) is 16.2. The second-order valence-electron chi connectivity index (χ2n) is 6.83. The lowest BCUT2D eigenvalue weighted by Crippen LogP contribution is -2.32. The van der Waals surface area contributed by atoms with Gasteiger partial charge in [-0.25, -0.2) is 4.79 Å².